The van der Waals surface area contributed by atoms with E-state index in [1.54, 1.807) is 44.1 Å². The highest BCUT2D eigenvalue weighted by molar-refractivity contribution is 5.16. The SMILES string of the molecule is CCNC(CC12CC3CC(CC(C3)C1)C2)C1=CCCCC1. The molecule has 1 N–H and O–H groups in total. The molecule has 1 atom stereocenters. The quantitative estimate of drug-likeness (QED) is 0.696. The maximum atomic E-state index is 3.86. The Hall–Kier alpha value is -0.300. The maximum absolute atomic E-state index is 3.86. The summed E-state index contributed by atoms with van der Waals surface area (Å²) in [4.78, 5) is 0. The van der Waals surface area contributed by atoms with Crippen molar-refractivity contribution in [3.63, 3.8) is 0 Å². The van der Waals surface area contributed by atoms with Gasteiger partial charge in [0.1, 0.15) is 0 Å². The van der Waals surface area contributed by atoms with Crippen molar-refractivity contribution in [2.45, 2.75) is 83.6 Å². The number of nitrogens with one attached hydrogen (secondary N) is 1. The monoisotopic (exact) mass is 287 g/mol. The summed E-state index contributed by atoms with van der Waals surface area (Å²) in [5.41, 5.74) is 2.48. The molecule has 0 aromatic rings. The van der Waals surface area contributed by atoms with Crippen molar-refractivity contribution < 1.29 is 0 Å². The van der Waals surface area contributed by atoms with Crippen LogP contribution < -0.4 is 5.32 Å². The molecule has 0 heterocycles. The third-order valence-corrected chi connectivity index (χ3v) is 7.03. The standard InChI is InChI=1S/C20H33N/c1-2-21-19(18-6-4-3-5-7-18)14-20-11-15-8-16(12-20)10-17(9-15)13-20/h6,15-17,19,21H,2-5,7-14H2,1H3. The first kappa shape index (κ1) is 14.3. The van der Waals surface area contributed by atoms with Crippen molar-refractivity contribution in [2.24, 2.45) is 23.2 Å². The molecule has 4 saturated carbocycles. The van der Waals surface area contributed by atoms with Crippen LogP contribution >= 0.6 is 0 Å². The second kappa shape index (κ2) is 5.72. The Kier molecular flexibility index (Phi) is 3.90. The van der Waals surface area contributed by atoms with Crippen LogP contribution in [0.3, 0.4) is 0 Å². The summed E-state index contributed by atoms with van der Waals surface area (Å²) in [5, 5.41) is 3.86. The Morgan fingerprint density at radius 3 is 2.29 bits per heavy atom. The molecule has 0 spiro atoms. The van der Waals surface area contributed by atoms with E-state index in [9.17, 15) is 0 Å². The Labute approximate surface area is 131 Å². The first-order valence-corrected chi connectivity index (χ1v) is 9.69. The van der Waals surface area contributed by atoms with E-state index in [0.29, 0.717) is 6.04 Å². The van der Waals surface area contributed by atoms with Gasteiger partial charge in [-0.25, -0.2) is 0 Å². The summed E-state index contributed by atoms with van der Waals surface area (Å²) in [5.74, 6) is 3.29. The number of likely N-dealkylation sites (N-methyl/N-ethyl adjacent to an activating group) is 1. The van der Waals surface area contributed by atoms with Crippen molar-refractivity contribution in [2.75, 3.05) is 6.54 Å². The van der Waals surface area contributed by atoms with Crippen molar-refractivity contribution >= 4 is 0 Å². The van der Waals surface area contributed by atoms with Gasteiger partial charge in [-0.3, -0.25) is 0 Å². The molecule has 0 saturated heterocycles. The summed E-state index contributed by atoms with van der Waals surface area (Å²) in [7, 11) is 0. The lowest BCUT2D eigenvalue weighted by Crippen LogP contribution is -2.49. The largest absolute Gasteiger partial charge is 0.311 e. The van der Waals surface area contributed by atoms with E-state index in [2.05, 4.69) is 18.3 Å². The maximum Gasteiger partial charge on any atom is 0.0284 e. The van der Waals surface area contributed by atoms with Gasteiger partial charge in [-0.05, 0) is 100 Å². The predicted octanol–water partition coefficient (Wildman–Crippen LogP) is 5.07. The number of allylic oxidation sites excluding steroid dienone is 1. The van der Waals surface area contributed by atoms with Gasteiger partial charge >= 0.3 is 0 Å². The van der Waals surface area contributed by atoms with Crippen LogP contribution in [0.2, 0.25) is 0 Å². The van der Waals surface area contributed by atoms with Crippen LogP contribution in [-0.2, 0) is 0 Å². The van der Waals surface area contributed by atoms with Gasteiger partial charge in [0.15, 0.2) is 0 Å². The Morgan fingerprint density at radius 2 is 1.76 bits per heavy atom. The molecule has 4 fully saturated rings. The fourth-order valence-electron chi connectivity index (χ4n) is 6.73. The predicted molar refractivity (Wildman–Crippen MR) is 89.2 cm³/mol. The Morgan fingerprint density at radius 1 is 1.10 bits per heavy atom. The summed E-state index contributed by atoms with van der Waals surface area (Å²) < 4.78 is 0. The van der Waals surface area contributed by atoms with Crippen molar-refractivity contribution in [1.29, 1.82) is 0 Å². The molecule has 1 heteroatoms. The van der Waals surface area contributed by atoms with Crippen LogP contribution in [0.5, 0.6) is 0 Å². The topological polar surface area (TPSA) is 12.0 Å². The minimum atomic E-state index is 0.701. The molecule has 0 radical (unpaired) electrons. The third kappa shape index (κ3) is 2.83. The highest BCUT2D eigenvalue weighted by Crippen LogP contribution is 2.61. The lowest BCUT2D eigenvalue weighted by molar-refractivity contribution is -0.0604. The van der Waals surface area contributed by atoms with Crippen molar-refractivity contribution in [3.05, 3.63) is 11.6 Å². The highest BCUT2D eigenvalue weighted by Gasteiger charge is 2.51. The normalized spacial score (nSPS) is 42.9. The minimum absolute atomic E-state index is 0.701. The molecular weight excluding hydrogens is 254 g/mol. The van der Waals surface area contributed by atoms with Gasteiger partial charge in [0.25, 0.3) is 0 Å². The molecule has 5 rings (SSSR count). The summed E-state index contributed by atoms with van der Waals surface area (Å²) in [6.45, 7) is 3.42. The average molecular weight is 287 g/mol. The van der Waals surface area contributed by atoms with E-state index in [0.717, 1.165) is 29.7 Å². The van der Waals surface area contributed by atoms with Crippen molar-refractivity contribution in [1.82, 2.24) is 5.32 Å². The van der Waals surface area contributed by atoms with Crippen LogP contribution in [0.15, 0.2) is 11.6 Å². The fraction of sp³-hybridized carbons (Fsp3) is 0.900. The average Bonchev–Trinajstić information content (AvgIpc) is 2.46. The van der Waals surface area contributed by atoms with Gasteiger partial charge in [-0.2, -0.15) is 0 Å². The fourth-order valence-corrected chi connectivity index (χ4v) is 6.73. The summed E-state index contributed by atoms with van der Waals surface area (Å²) >= 11 is 0. The molecule has 1 unspecified atom stereocenters. The van der Waals surface area contributed by atoms with E-state index < -0.39 is 0 Å². The smallest absolute Gasteiger partial charge is 0.0284 e. The first-order valence-electron chi connectivity index (χ1n) is 9.69. The van der Waals surface area contributed by atoms with Crippen LogP contribution in [0, 0.1) is 23.2 Å². The third-order valence-electron chi connectivity index (χ3n) is 7.03. The van der Waals surface area contributed by atoms with Gasteiger partial charge in [0, 0.05) is 6.04 Å². The molecule has 1 nitrogen and oxygen atoms in total. The number of rotatable bonds is 5. The van der Waals surface area contributed by atoms with Gasteiger partial charge in [0.05, 0.1) is 0 Å². The van der Waals surface area contributed by atoms with E-state index >= 15 is 0 Å². The Bertz CT molecular complexity index is 373. The van der Waals surface area contributed by atoms with Crippen LogP contribution in [0.4, 0.5) is 0 Å². The van der Waals surface area contributed by atoms with Crippen LogP contribution in [0.25, 0.3) is 0 Å². The second-order valence-corrected chi connectivity index (χ2v) is 8.76. The second-order valence-electron chi connectivity index (χ2n) is 8.76. The van der Waals surface area contributed by atoms with Crippen LogP contribution in [0.1, 0.15) is 77.6 Å². The summed E-state index contributed by atoms with van der Waals surface area (Å²) in [6.07, 6.45) is 19.0. The van der Waals surface area contributed by atoms with Gasteiger partial charge in [-0.15, -0.1) is 0 Å². The van der Waals surface area contributed by atoms with E-state index in [-0.39, 0.29) is 0 Å². The lowest BCUT2D eigenvalue weighted by Gasteiger charge is -2.58. The molecule has 5 aliphatic rings. The number of hydrogen-bond acceptors (Lipinski definition) is 1. The number of hydrogen-bond donors (Lipinski definition) is 1. The van der Waals surface area contributed by atoms with Crippen molar-refractivity contribution in [3.8, 4) is 0 Å². The first-order chi connectivity index (χ1) is 10.3. The van der Waals surface area contributed by atoms with E-state index in [1.807, 2.05) is 0 Å². The lowest BCUT2D eigenvalue weighted by atomic mass is 9.48. The molecule has 5 aliphatic carbocycles. The molecule has 118 valence electrons. The molecule has 0 aromatic carbocycles. The zero-order valence-corrected chi connectivity index (χ0v) is 13.9. The zero-order chi connectivity index (χ0) is 14.3. The van der Waals surface area contributed by atoms with Gasteiger partial charge < -0.3 is 5.32 Å². The molecule has 21 heavy (non-hydrogen) atoms. The molecule has 0 amide bonds. The molecular formula is C20H33N. The van der Waals surface area contributed by atoms with Gasteiger partial charge in [0.2, 0.25) is 0 Å². The zero-order valence-electron chi connectivity index (χ0n) is 13.9. The van der Waals surface area contributed by atoms with Gasteiger partial charge in [-0.1, -0.05) is 18.6 Å². The molecule has 0 aliphatic heterocycles. The molecule has 0 aromatic heterocycles. The van der Waals surface area contributed by atoms with E-state index in [1.165, 1.54) is 32.1 Å². The van der Waals surface area contributed by atoms with E-state index in [4.69, 9.17) is 0 Å². The Balaban J connectivity index is 1.51. The highest BCUT2D eigenvalue weighted by atomic mass is 14.9. The molecule has 4 bridgehead atoms. The minimum Gasteiger partial charge on any atom is -0.311 e. The summed E-state index contributed by atoms with van der Waals surface area (Å²) in [6, 6.07) is 0.701. The van der Waals surface area contributed by atoms with Crippen LogP contribution in [-0.4, -0.2) is 12.6 Å².